The van der Waals surface area contributed by atoms with Gasteiger partial charge >= 0.3 is 0 Å². The van der Waals surface area contributed by atoms with E-state index in [1.54, 1.807) is 11.8 Å². The van der Waals surface area contributed by atoms with Gasteiger partial charge in [-0.15, -0.1) is 11.8 Å². The summed E-state index contributed by atoms with van der Waals surface area (Å²) < 4.78 is 0. The Hall–Kier alpha value is -0.670. The number of rotatable bonds is 1. The number of nitrogens with two attached hydrogens (primary N) is 1. The van der Waals surface area contributed by atoms with Crippen molar-refractivity contribution in [2.24, 2.45) is 5.73 Å². The molecule has 0 radical (unpaired) electrons. The molecule has 0 fully saturated rings. The summed E-state index contributed by atoms with van der Waals surface area (Å²) in [5.41, 5.74) is 8.08. The molecule has 13 heavy (non-hydrogen) atoms. The Morgan fingerprint density at radius 2 is 2.31 bits per heavy atom. The Morgan fingerprint density at radius 3 is 3.00 bits per heavy atom. The van der Waals surface area contributed by atoms with Gasteiger partial charge in [-0.05, 0) is 30.7 Å². The third-order valence-corrected chi connectivity index (χ3v) is 3.36. The van der Waals surface area contributed by atoms with Gasteiger partial charge in [0.15, 0.2) is 0 Å². The van der Waals surface area contributed by atoms with Crippen LogP contribution >= 0.6 is 11.8 Å². The number of thioether (sulfide) groups is 1. The summed E-state index contributed by atoms with van der Waals surface area (Å²) in [6.45, 7) is 0. The van der Waals surface area contributed by atoms with Crippen molar-refractivity contribution >= 4 is 11.8 Å². The van der Waals surface area contributed by atoms with Crippen LogP contribution in [-0.4, -0.2) is 11.4 Å². The number of fused-ring (bicyclic) bond motifs is 1. The summed E-state index contributed by atoms with van der Waals surface area (Å²) in [4.78, 5) is 0.927. The van der Waals surface area contributed by atoms with Crippen molar-refractivity contribution < 1.29 is 5.11 Å². The highest BCUT2D eigenvalue weighted by molar-refractivity contribution is 7.98. The van der Waals surface area contributed by atoms with Crippen LogP contribution in [0.5, 0.6) is 5.75 Å². The number of phenolic OH excluding ortho intramolecular Hbond substituents is 1. The first-order valence-corrected chi connectivity index (χ1v) is 5.61. The molecule has 0 spiro atoms. The van der Waals surface area contributed by atoms with E-state index in [2.05, 4.69) is 6.07 Å². The van der Waals surface area contributed by atoms with Gasteiger partial charge < -0.3 is 10.8 Å². The van der Waals surface area contributed by atoms with Crippen molar-refractivity contribution in [3.8, 4) is 5.75 Å². The van der Waals surface area contributed by atoms with Gasteiger partial charge in [0, 0.05) is 16.5 Å². The zero-order valence-corrected chi connectivity index (χ0v) is 8.40. The summed E-state index contributed by atoms with van der Waals surface area (Å²) in [6, 6.07) is 4.08. The van der Waals surface area contributed by atoms with Gasteiger partial charge in [0.05, 0.1) is 0 Å². The highest BCUT2D eigenvalue weighted by Crippen LogP contribution is 2.40. The average Bonchev–Trinajstić information content (AvgIpc) is 2.49. The van der Waals surface area contributed by atoms with Crippen LogP contribution in [0.15, 0.2) is 17.0 Å². The minimum absolute atomic E-state index is 0.0297. The fraction of sp³-hybridized carbons (Fsp3) is 0.400. The smallest absolute Gasteiger partial charge is 0.134 e. The van der Waals surface area contributed by atoms with E-state index < -0.39 is 0 Å². The number of phenols is 1. The van der Waals surface area contributed by atoms with Crippen molar-refractivity contribution in [2.75, 3.05) is 6.26 Å². The van der Waals surface area contributed by atoms with Gasteiger partial charge in [0.1, 0.15) is 5.75 Å². The number of aryl methyl sites for hydroxylation is 1. The van der Waals surface area contributed by atoms with Gasteiger partial charge in [-0.1, -0.05) is 6.07 Å². The molecule has 0 bridgehead atoms. The monoisotopic (exact) mass is 195 g/mol. The summed E-state index contributed by atoms with van der Waals surface area (Å²) >= 11 is 1.56. The van der Waals surface area contributed by atoms with Gasteiger partial charge in [-0.25, -0.2) is 0 Å². The fourth-order valence-corrected chi connectivity index (χ4v) is 2.39. The maximum absolute atomic E-state index is 9.88. The Morgan fingerprint density at radius 1 is 1.54 bits per heavy atom. The van der Waals surface area contributed by atoms with Gasteiger partial charge in [-0.2, -0.15) is 0 Å². The van der Waals surface area contributed by atoms with Crippen LogP contribution in [0.1, 0.15) is 23.6 Å². The van der Waals surface area contributed by atoms with E-state index in [1.165, 1.54) is 5.56 Å². The second-order valence-corrected chi connectivity index (χ2v) is 4.18. The predicted octanol–water partition coefficient (Wildman–Crippen LogP) is 2.06. The second-order valence-electron chi connectivity index (χ2n) is 3.33. The molecule has 0 saturated carbocycles. The summed E-state index contributed by atoms with van der Waals surface area (Å²) in [5.74, 6) is 0.398. The van der Waals surface area contributed by atoms with Crippen LogP contribution in [0, 0.1) is 0 Å². The lowest BCUT2D eigenvalue weighted by Gasteiger charge is -2.10. The molecule has 3 heteroatoms. The molecule has 0 saturated heterocycles. The molecule has 1 aliphatic carbocycles. The summed E-state index contributed by atoms with van der Waals surface area (Å²) in [5, 5.41) is 9.88. The topological polar surface area (TPSA) is 46.2 Å². The van der Waals surface area contributed by atoms with E-state index in [1.807, 2.05) is 12.3 Å². The van der Waals surface area contributed by atoms with Gasteiger partial charge in [0.2, 0.25) is 0 Å². The largest absolute Gasteiger partial charge is 0.506 e. The zero-order chi connectivity index (χ0) is 9.42. The SMILES string of the molecule is CSc1ccc2c(c1O)[C@H](N)CC2. The fourth-order valence-electron chi connectivity index (χ4n) is 1.88. The molecule has 0 heterocycles. The van der Waals surface area contributed by atoms with Crippen LogP contribution in [0.3, 0.4) is 0 Å². The average molecular weight is 195 g/mol. The van der Waals surface area contributed by atoms with E-state index in [-0.39, 0.29) is 6.04 Å². The van der Waals surface area contributed by atoms with Crippen LogP contribution < -0.4 is 5.73 Å². The van der Waals surface area contributed by atoms with E-state index in [0.717, 1.165) is 23.3 Å². The van der Waals surface area contributed by atoms with Crippen LogP contribution in [0.4, 0.5) is 0 Å². The molecule has 3 N–H and O–H groups in total. The minimum atomic E-state index is 0.0297. The maximum atomic E-state index is 9.88. The molecule has 1 aromatic rings. The van der Waals surface area contributed by atoms with E-state index in [0.29, 0.717) is 5.75 Å². The van der Waals surface area contributed by atoms with E-state index >= 15 is 0 Å². The van der Waals surface area contributed by atoms with Crippen LogP contribution in [0.25, 0.3) is 0 Å². The highest BCUT2D eigenvalue weighted by atomic mass is 32.2. The third kappa shape index (κ3) is 1.32. The van der Waals surface area contributed by atoms with Crippen molar-refractivity contribution in [3.63, 3.8) is 0 Å². The maximum Gasteiger partial charge on any atom is 0.134 e. The molecule has 2 rings (SSSR count). The molecule has 2 nitrogen and oxygen atoms in total. The first-order chi connectivity index (χ1) is 6.24. The Kier molecular flexibility index (Phi) is 2.22. The molecule has 1 aliphatic rings. The molecular weight excluding hydrogens is 182 g/mol. The normalized spacial score (nSPS) is 20.3. The Labute approximate surface area is 82.1 Å². The molecular formula is C10H13NOS. The lowest BCUT2D eigenvalue weighted by molar-refractivity contribution is 0.451. The third-order valence-electron chi connectivity index (χ3n) is 2.59. The summed E-state index contributed by atoms with van der Waals surface area (Å²) in [6.07, 6.45) is 3.92. The van der Waals surface area contributed by atoms with Crippen molar-refractivity contribution in [3.05, 3.63) is 23.3 Å². The number of aromatic hydroxyl groups is 1. The first kappa shape index (κ1) is 8.91. The molecule has 1 aromatic carbocycles. The highest BCUT2D eigenvalue weighted by Gasteiger charge is 2.23. The standard InChI is InChI=1S/C10H13NOS/c1-13-8-5-3-6-2-4-7(11)9(6)10(8)12/h3,5,7,12H,2,4,11H2,1H3/t7-/m1/s1. The van der Waals surface area contributed by atoms with E-state index in [9.17, 15) is 5.11 Å². The Balaban J connectivity index is 2.56. The van der Waals surface area contributed by atoms with Crippen molar-refractivity contribution in [2.45, 2.75) is 23.8 Å². The van der Waals surface area contributed by atoms with Gasteiger partial charge in [0.25, 0.3) is 0 Å². The minimum Gasteiger partial charge on any atom is -0.506 e. The number of hydrogen-bond acceptors (Lipinski definition) is 3. The second kappa shape index (κ2) is 3.24. The van der Waals surface area contributed by atoms with Crippen LogP contribution in [0.2, 0.25) is 0 Å². The molecule has 70 valence electrons. The molecule has 1 atom stereocenters. The zero-order valence-electron chi connectivity index (χ0n) is 7.58. The molecule has 0 amide bonds. The van der Waals surface area contributed by atoms with Crippen molar-refractivity contribution in [1.29, 1.82) is 0 Å². The first-order valence-electron chi connectivity index (χ1n) is 4.38. The Bertz CT molecular complexity index is 338. The molecule has 0 aromatic heterocycles. The summed E-state index contributed by atoms with van der Waals surface area (Å²) in [7, 11) is 0. The van der Waals surface area contributed by atoms with Gasteiger partial charge in [-0.3, -0.25) is 0 Å². The number of hydrogen-bond donors (Lipinski definition) is 2. The predicted molar refractivity (Wildman–Crippen MR) is 55.1 cm³/mol. The lowest BCUT2D eigenvalue weighted by Crippen LogP contribution is -2.05. The molecule has 0 unspecified atom stereocenters. The quantitative estimate of drug-likeness (QED) is 0.674. The lowest BCUT2D eigenvalue weighted by atomic mass is 10.1. The van der Waals surface area contributed by atoms with Crippen molar-refractivity contribution in [1.82, 2.24) is 0 Å². The molecule has 0 aliphatic heterocycles. The number of benzene rings is 1. The van der Waals surface area contributed by atoms with E-state index in [4.69, 9.17) is 5.73 Å². The van der Waals surface area contributed by atoms with Crippen LogP contribution in [-0.2, 0) is 6.42 Å².